The Morgan fingerprint density at radius 2 is 2.46 bits per heavy atom. The summed E-state index contributed by atoms with van der Waals surface area (Å²) in [5.41, 5.74) is 2.88. The van der Waals surface area contributed by atoms with Gasteiger partial charge in [0, 0.05) is 12.0 Å². The highest BCUT2D eigenvalue weighted by Gasteiger charge is 2.43. The number of rotatable bonds is 4. The van der Waals surface area contributed by atoms with Crippen molar-refractivity contribution >= 4 is 0 Å². The van der Waals surface area contributed by atoms with Crippen LogP contribution in [-0.2, 0) is 4.74 Å². The minimum Gasteiger partial charge on any atom is -0.375 e. The summed E-state index contributed by atoms with van der Waals surface area (Å²) in [6.45, 7) is 3.75. The molecule has 2 saturated heterocycles. The van der Waals surface area contributed by atoms with Gasteiger partial charge in [-0.25, -0.2) is 0 Å². The summed E-state index contributed by atoms with van der Waals surface area (Å²) < 4.78 is 5.78. The Morgan fingerprint density at radius 3 is 2.92 bits per heavy atom. The van der Waals surface area contributed by atoms with Crippen LogP contribution >= 0.6 is 0 Å². The molecule has 0 saturated carbocycles. The van der Waals surface area contributed by atoms with Crippen LogP contribution in [0.2, 0.25) is 0 Å². The molecule has 2 aliphatic rings. The van der Waals surface area contributed by atoms with Crippen LogP contribution in [0.5, 0.6) is 0 Å². The molecule has 2 heterocycles. The predicted molar refractivity (Wildman–Crippen MR) is 51.9 cm³/mol. The van der Waals surface area contributed by atoms with Gasteiger partial charge in [-0.15, -0.1) is 6.58 Å². The van der Waals surface area contributed by atoms with E-state index in [4.69, 9.17) is 10.6 Å². The first-order valence-corrected chi connectivity index (χ1v) is 5.07. The summed E-state index contributed by atoms with van der Waals surface area (Å²) in [7, 11) is 0. The molecule has 2 aliphatic heterocycles. The molecule has 3 N–H and O–H groups in total. The zero-order valence-corrected chi connectivity index (χ0v) is 7.91. The second kappa shape index (κ2) is 3.78. The van der Waals surface area contributed by atoms with Gasteiger partial charge in [0.2, 0.25) is 0 Å². The Balaban J connectivity index is 1.95. The quantitative estimate of drug-likeness (QED) is 0.387. The molecule has 13 heavy (non-hydrogen) atoms. The molecule has 4 atom stereocenters. The number of hydrogen-bond acceptors (Lipinski definition) is 3. The Labute approximate surface area is 79.3 Å². The monoisotopic (exact) mass is 182 g/mol. The third-order valence-corrected chi connectivity index (χ3v) is 3.30. The molecule has 0 aromatic carbocycles. The van der Waals surface area contributed by atoms with Gasteiger partial charge in [0.1, 0.15) is 0 Å². The molecule has 0 aliphatic carbocycles. The van der Waals surface area contributed by atoms with Gasteiger partial charge >= 0.3 is 0 Å². The van der Waals surface area contributed by atoms with Crippen molar-refractivity contribution in [1.82, 2.24) is 5.43 Å². The number of hydrazine groups is 1. The van der Waals surface area contributed by atoms with E-state index in [1.54, 1.807) is 0 Å². The van der Waals surface area contributed by atoms with Crippen LogP contribution in [0, 0.1) is 5.92 Å². The van der Waals surface area contributed by atoms with Crippen molar-refractivity contribution in [2.45, 2.75) is 43.9 Å². The van der Waals surface area contributed by atoms with Crippen molar-refractivity contribution in [3.05, 3.63) is 12.7 Å². The number of fused-ring (bicyclic) bond motifs is 2. The molecule has 2 bridgehead atoms. The summed E-state index contributed by atoms with van der Waals surface area (Å²) in [5.74, 6) is 6.12. The highest BCUT2D eigenvalue weighted by molar-refractivity contribution is 4.96. The van der Waals surface area contributed by atoms with Crippen molar-refractivity contribution in [2.75, 3.05) is 0 Å². The number of nitrogens with two attached hydrogens (primary N) is 1. The second-order valence-corrected chi connectivity index (χ2v) is 4.07. The van der Waals surface area contributed by atoms with Crippen molar-refractivity contribution in [3.63, 3.8) is 0 Å². The van der Waals surface area contributed by atoms with Gasteiger partial charge in [0.25, 0.3) is 0 Å². The summed E-state index contributed by atoms with van der Waals surface area (Å²) in [6, 6.07) is 0.354. The van der Waals surface area contributed by atoms with E-state index in [1.165, 1.54) is 19.3 Å². The minimum absolute atomic E-state index is 0.354. The average molecular weight is 182 g/mol. The largest absolute Gasteiger partial charge is 0.375 e. The van der Waals surface area contributed by atoms with Crippen LogP contribution in [-0.4, -0.2) is 18.2 Å². The Morgan fingerprint density at radius 1 is 1.62 bits per heavy atom. The van der Waals surface area contributed by atoms with E-state index in [0.29, 0.717) is 24.2 Å². The van der Waals surface area contributed by atoms with Gasteiger partial charge in [-0.2, -0.15) is 0 Å². The molecular formula is C10H18N2O. The summed E-state index contributed by atoms with van der Waals surface area (Å²) >= 11 is 0. The maximum atomic E-state index is 5.78. The third-order valence-electron chi connectivity index (χ3n) is 3.30. The average Bonchev–Trinajstić information content (AvgIpc) is 2.74. The zero-order valence-electron chi connectivity index (χ0n) is 7.91. The Hall–Kier alpha value is -0.380. The maximum absolute atomic E-state index is 5.78. The second-order valence-electron chi connectivity index (χ2n) is 4.07. The lowest BCUT2D eigenvalue weighted by Gasteiger charge is -2.26. The fourth-order valence-corrected chi connectivity index (χ4v) is 2.65. The Bertz CT molecular complexity index is 195. The first kappa shape index (κ1) is 9.19. The van der Waals surface area contributed by atoms with E-state index in [0.717, 1.165) is 6.42 Å². The fraction of sp³-hybridized carbons (Fsp3) is 0.800. The van der Waals surface area contributed by atoms with E-state index in [2.05, 4.69) is 12.0 Å². The predicted octanol–water partition coefficient (Wildman–Crippen LogP) is 0.962. The van der Waals surface area contributed by atoms with Crippen molar-refractivity contribution in [2.24, 2.45) is 11.8 Å². The molecule has 0 amide bonds. The third kappa shape index (κ3) is 1.64. The summed E-state index contributed by atoms with van der Waals surface area (Å²) in [4.78, 5) is 0. The molecule has 3 heteroatoms. The molecule has 3 nitrogen and oxygen atoms in total. The molecule has 0 aromatic rings. The standard InChI is InChI=1S/C10H18N2O/c1-2-3-9(12-11)8-6-7-4-5-10(8)13-7/h2,7-10,12H,1,3-6,11H2. The normalized spacial score (nSPS) is 39.3. The first-order valence-electron chi connectivity index (χ1n) is 5.07. The van der Waals surface area contributed by atoms with Gasteiger partial charge in [0.05, 0.1) is 12.2 Å². The smallest absolute Gasteiger partial charge is 0.0624 e. The molecule has 2 fully saturated rings. The van der Waals surface area contributed by atoms with Crippen LogP contribution in [0.15, 0.2) is 12.7 Å². The van der Waals surface area contributed by atoms with Crippen molar-refractivity contribution < 1.29 is 4.74 Å². The van der Waals surface area contributed by atoms with Crippen molar-refractivity contribution in [1.29, 1.82) is 0 Å². The van der Waals surface area contributed by atoms with Gasteiger partial charge in [-0.3, -0.25) is 11.3 Å². The molecular weight excluding hydrogens is 164 g/mol. The van der Waals surface area contributed by atoms with Crippen LogP contribution in [0.1, 0.15) is 25.7 Å². The van der Waals surface area contributed by atoms with E-state index in [1.807, 2.05) is 6.08 Å². The lowest BCUT2D eigenvalue weighted by Crippen LogP contribution is -2.44. The molecule has 0 aromatic heterocycles. The first-order chi connectivity index (χ1) is 6.35. The van der Waals surface area contributed by atoms with Gasteiger partial charge in [0.15, 0.2) is 0 Å². The highest BCUT2D eigenvalue weighted by Crippen LogP contribution is 2.40. The SMILES string of the molecule is C=CCC(NN)C1CC2CCC1O2. The van der Waals surface area contributed by atoms with E-state index >= 15 is 0 Å². The van der Waals surface area contributed by atoms with E-state index < -0.39 is 0 Å². The van der Waals surface area contributed by atoms with Crippen LogP contribution in [0.4, 0.5) is 0 Å². The lowest BCUT2D eigenvalue weighted by atomic mass is 9.83. The van der Waals surface area contributed by atoms with Gasteiger partial charge in [-0.05, 0) is 25.7 Å². The van der Waals surface area contributed by atoms with Gasteiger partial charge in [-0.1, -0.05) is 6.08 Å². The fourth-order valence-electron chi connectivity index (χ4n) is 2.65. The topological polar surface area (TPSA) is 47.3 Å². The maximum Gasteiger partial charge on any atom is 0.0624 e. The van der Waals surface area contributed by atoms with Crippen LogP contribution in [0.3, 0.4) is 0 Å². The molecule has 74 valence electrons. The molecule has 2 rings (SSSR count). The number of ether oxygens (including phenoxy) is 1. The molecule has 4 unspecified atom stereocenters. The number of hydrogen-bond donors (Lipinski definition) is 2. The van der Waals surface area contributed by atoms with Crippen molar-refractivity contribution in [3.8, 4) is 0 Å². The van der Waals surface area contributed by atoms with Crippen LogP contribution in [0.25, 0.3) is 0 Å². The van der Waals surface area contributed by atoms with Crippen LogP contribution < -0.4 is 11.3 Å². The summed E-state index contributed by atoms with van der Waals surface area (Å²) in [5, 5.41) is 0. The molecule has 0 spiro atoms. The highest BCUT2D eigenvalue weighted by atomic mass is 16.5. The summed E-state index contributed by atoms with van der Waals surface area (Å²) in [6.07, 6.45) is 7.45. The lowest BCUT2D eigenvalue weighted by molar-refractivity contribution is 0.0859. The zero-order chi connectivity index (χ0) is 9.26. The Kier molecular flexibility index (Phi) is 2.67. The van der Waals surface area contributed by atoms with E-state index in [-0.39, 0.29) is 0 Å². The molecule has 0 radical (unpaired) electrons. The number of nitrogens with one attached hydrogen (secondary N) is 1. The minimum atomic E-state index is 0.354. The van der Waals surface area contributed by atoms with E-state index in [9.17, 15) is 0 Å². The van der Waals surface area contributed by atoms with Gasteiger partial charge < -0.3 is 4.74 Å².